The van der Waals surface area contributed by atoms with Gasteiger partial charge in [0.25, 0.3) is 0 Å². The fraction of sp³-hybridized carbons (Fsp3) is 0.333. The molecular formula is C15H17BrFNS. The summed E-state index contributed by atoms with van der Waals surface area (Å²) in [5.41, 5.74) is 0.985. The van der Waals surface area contributed by atoms with E-state index >= 15 is 0 Å². The first-order valence-electron chi connectivity index (χ1n) is 6.14. The van der Waals surface area contributed by atoms with Gasteiger partial charge in [0.15, 0.2) is 0 Å². The molecule has 102 valence electrons. The number of nitrogens with one attached hydrogen (secondary N) is 1. The highest BCUT2D eigenvalue weighted by Crippen LogP contribution is 2.30. The minimum Gasteiger partial charge on any atom is -0.380 e. The van der Waals surface area contributed by atoms with Crippen LogP contribution < -0.4 is 5.32 Å². The lowest BCUT2D eigenvalue weighted by Gasteiger charge is -2.15. The van der Waals surface area contributed by atoms with Crippen LogP contribution in [0.5, 0.6) is 0 Å². The van der Waals surface area contributed by atoms with Gasteiger partial charge in [0, 0.05) is 22.0 Å². The summed E-state index contributed by atoms with van der Waals surface area (Å²) >= 11 is 4.95. The van der Waals surface area contributed by atoms with Crippen molar-refractivity contribution < 1.29 is 4.39 Å². The van der Waals surface area contributed by atoms with Gasteiger partial charge in [-0.3, -0.25) is 0 Å². The molecule has 0 amide bonds. The lowest BCUT2D eigenvalue weighted by atomic mass is 9.95. The highest BCUT2D eigenvalue weighted by Gasteiger charge is 2.15. The molecule has 1 heterocycles. The molecular weight excluding hydrogens is 325 g/mol. The maximum absolute atomic E-state index is 13.4. The van der Waals surface area contributed by atoms with Gasteiger partial charge in [-0.25, -0.2) is 4.39 Å². The van der Waals surface area contributed by atoms with E-state index in [4.69, 9.17) is 0 Å². The number of halogens is 2. The smallest absolute Gasteiger partial charge is 0.139 e. The number of thiophene rings is 1. The minimum atomic E-state index is -0.244. The molecule has 0 aliphatic heterocycles. The van der Waals surface area contributed by atoms with Crippen molar-refractivity contribution in [3.05, 3.63) is 50.4 Å². The standard InChI is InChI=1S/C15H17BrFNS/c1-15(2,3)14-7-5-11(19-14)9-18-10-4-6-12(16)13(17)8-10/h4-8,18H,9H2,1-3H3. The molecule has 0 spiro atoms. The summed E-state index contributed by atoms with van der Waals surface area (Å²) < 4.78 is 13.9. The Labute approximate surface area is 126 Å². The number of rotatable bonds is 3. The second-order valence-corrected chi connectivity index (χ2v) is 7.52. The molecule has 19 heavy (non-hydrogen) atoms. The number of hydrogen-bond acceptors (Lipinski definition) is 2. The Hall–Kier alpha value is -0.870. The molecule has 2 aromatic rings. The molecule has 0 fully saturated rings. The Bertz CT molecular complexity index is 572. The van der Waals surface area contributed by atoms with E-state index in [0.29, 0.717) is 4.47 Å². The van der Waals surface area contributed by atoms with E-state index < -0.39 is 0 Å². The van der Waals surface area contributed by atoms with Crippen LogP contribution in [0.15, 0.2) is 34.8 Å². The predicted octanol–water partition coefficient (Wildman–Crippen LogP) is 5.56. The van der Waals surface area contributed by atoms with E-state index in [2.05, 4.69) is 54.2 Å². The van der Waals surface area contributed by atoms with Gasteiger partial charge in [-0.15, -0.1) is 11.3 Å². The maximum atomic E-state index is 13.4. The van der Waals surface area contributed by atoms with Crippen molar-refractivity contribution >= 4 is 33.0 Å². The minimum absolute atomic E-state index is 0.187. The summed E-state index contributed by atoms with van der Waals surface area (Å²) in [4.78, 5) is 2.62. The van der Waals surface area contributed by atoms with Gasteiger partial charge in [0.2, 0.25) is 0 Å². The molecule has 0 aliphatic rings. The Morgan fingerprint density at radius 3 is 2.53 bits per heavy atom. The molecule has 0 radical (unpaired) electrons. The largest absolute Gasteiger partial charge is 0.380 e. The molecule has 2 rings (SSSR count). The number of hydrogen-bond donors (Lipinski definition) is 1. The van der Waals surface area contributed by atoms with Crippen LogP contribution in [0.2, 0.25) is 0 Å². The first-order chi connectivity index (χ1) is 8.86. The third kappa shape index (κ3) is 3.80. The molecule has 0 unspecified atom stereocenters. The summed E-state index contributed by atoms with van der Waals surface area (Å²) in [6.07, 6.45) is 0. The number of benzene rings is 1. The van der Waals surface area contributed by atoms with Crippen LogP contribution in [-0.2, 0) is 12.0 Å². The van der Waals surface area contributed by atoms with Crippen LogP contribution >= 0.6 is 27.3 Å². The van der Waals surface area contributed by atoms with Crippen LogP contribution in [0.1, 0.15) is 30.5 Å². The quantitative estimate of drug-likeness (QED) is 0.770. The van der Waals surface area contributed by atoms with Crippen molar-refractivity contribution in [2.75, 3.05) is 5.32 Å². The first-order valence-corrected chi connectivity index (χ1v) is 7.75. The molecule has 1 aromatic heterocycles. The third-order valence-corrected chi connectivity index (χ3v) is 4.94. The zero-order chi connectivity index (χ0) is 14.0. The third-order valence-electron chi connectivity index (χ3n) is 2.79. The van der Waals surface area contributed by atoms with Crippen molar-refractivity contribution in [1.29, 1.82) is 0 Å². The van der Waals surface area contributed by atoms with Crippen molar-refractivity contribution in [2.24, 2.45) is 0 Å². The monoisotopic (exact) mass is 341 g/mol. The van der Waals surface area contributed by atoms with Gasteiger partial charge in [0.1, 0.15) is 5.82 Å². The Morgan fingerprint density at radius 2 is 1.95 bits per heavy atom. The molecule has 0 bridgehead atoms. The van der Waals surface area contributed by atoms with E-state index in [1.807, 2.05) is 6.07 Å². The normalized spacial score (nSPS) is 11.6. The summed E-state index contributed by atoms with van der Waals surface area (Å²) in [5, 5.41) is 3.24. The van der Waals surface area contributed by atoms with Crippen LogP contribution in [0.3, 0.4) is 0 Å². The number of anilines is 1. The van der Waals surface area contributed by atoms with Crippen molar-refractivity contribution in [3.63, 3.8) is 0 Å². The van der Waals surface area contributed by atoms with Crippen LogP contribution in [0.4, 0.5) is 10.1 Å². The summed E-state index contributed by atoms with van der Waals surface area (Å²) in [5.74, 6) is -0.244. The average Bonchev–Trinajstić information content (AvgIpc) is 2.79. The highest BCUT2D eigenvalue weighted by molar-refractivity contribution is 9.10. The summed E-state index contributed by atoms with van der Waals surface area (Å²) in [6.45, 7) is 7.35. The second-order valence-electron chi connectivity index (χ2n) is 5.50. The van der Waals surface area contributed by atoms with E-state index in [0.717, 1.165) is 12.2 Å². The molecule has 1 nitrogen and oxygen atoms in total. The SMILES string of the molecule is CC(C)(C)c1ccc(CNc2ccc(Br)c(F)c2)s1. The van der Waals surface area contributed by atoms with E-state index in [1.165, 1.54) is 15.8 Å². The summed E-state index contributed by atoms with van der Waals surface area (Å²) in [6, 6.07) is 9.39. The van der Waals surface area contributed by atoms with Crippen molar-refractivity contribution in [3.8, 4) is 0 Å². The topological polar surface area (TPSA) is 12.0 Å². The predicted molar refractivity (Wildman–Crippen MR) is 84.4 cm³/mol. The Balaban J connectivity index is 2.02. The molecule has 4 heteroatoms. The molecule has 0 aliphatic carbocycles. The molecule has 1 aromatic carbocycles. The van der Waals surface area contributed by atoms with Gasteiger partial charge in [-0.05, 0) is 51.7 Å². The Kier molecular flexibility index (Phi) is 4.31. The van der Waals surface area contributed by atoms with Gasteiger partial charge in [0.05, 0.1) is 4.47 Å². The van der Waals surface area contributed by atoms with Crippen LogP contribution in [0, 0.1) is 5.82 Å². The highest BCUT2D eigenvalue weighted by atomic mass is 79.9. The fourth-order valence-electron chi connectivity index (χ4n) is 1.67. The van der Waals surface area contributed by atoms with Crippen LogP contribution in [0.25, 0.3) is 0 Å². The van der Waals surface area contributed by atoms with Gasteiger partial charge in [-0.2, -0.15) is 0 Å². The van der Waals surface area contributed by atoms with Crippen molar-refractivity contribution in [1.82, 2.24) is 0 Å². The lowest BCUT2D eigenvalue weighted by Crippen LogP contribution is -2.07. The fourth-order valence-corrected chi connectivity index (χ4v) is 2.92. The van der Waals surface area contributed by atoms with Gasteiger partial charge in [-0.1, -0.05) is 20.8 Å². The average molecular weight is 342 g/mol. The summed E-state index contributed by atoms with van der Waals surface area (Å²) in [7, 11) is 0. The van der Waals surface area contributed by atoms with E-state index in [9.17, 15) is 4.39 Å². The van der Waals surface area contributed by atoms with Gasteiger partial charge < -0.3 is 5.32 Å². The molecule has 0 saturated carbocycles. The molecule has 0 atom stereocenters. The Morgan fingerprint density at radius 1 is 1.21 bits per heavy atom. The van der Waals surface area contributed by atoms with E-state index in [-0.39, 0.29) is 11.2 Å². The zero-order valence-corrected chi connectivity index (χ0v) is 13.7. The van der Waals surface area contributed by atoms with Crippen molar-refractivity contribution in [2.45, 2.75) is 32.7 Å². The van der Waals surface area contributed by atoms with E-state index in [1.54, 1.807) is 17.4 Å². The van der Waals surface area contributed by atoms with Gasteiger partial charge >= 0.3 is 0 Å². The molecule has 0 saturated heterocycles. The zero-order valence-electron chi connectivity index (χ0n) is 11.3. The van der Waals surface area contributed by atoms with Crippen LogP contribution in [-0.4, -0.2) is 0 Å². The first kappa shape index (κ1) is 14.5. The maximum Gasteiger partial charge on any atom is 0.139 e. The lowest BCUT2D eigenvalue weighted by molar-refractivity contribution is 0.604. The second kappa shape index (κ2) is 5.63. The molecule has 1 N–H and O–H groups in total.